The minimum atomic E-state index is -0.0419. The number of rotatable bonds is 5. The fourth-order valence-electron chi connectivity index (χ4n) is 4.11. The van der Waals surface area contributed by atoms with Crippen LogP contribution in [-0.2, 0) is 0 Å². The lowest BCUT2D eigenvalue weighted by Gasteiger charge is -2.33. The summed E-state index contributed by atoms with van der Waals surface area (Å²) in [6.07, 6.45) is 3.88. The van der Waals surface area contributed by atoms with E-state index in [4.69, 9.17) is 14.2 Å². The number of aromatic nitrogens is 1. The zero-order valence-electron chi connectivity index (χ0n) is 17.6. The van der Waals surface area contributed by atoms with E-state index in [1.807, 2.05) is 23.2 Å². The van der Waals surface area contributed by atoms with Crippen LogP contribution in [0.3, 0.4) is 0 Å². The van der Waals surface area contributed by atoms with Gasteiger partial charge in [0.2, 0.25) is 5.75 Å². The molecule has 1 amide bonds. The highest BCUT2D eigenvalue weighted by molar-refractivity contribution is 5.95. The molecule has 3 aromatic rings. The van der Waals surface area contributed by atoms with Crippen molar-refractivity contribution in [3.8, 4) is 17.2 Å². The molecule has 0 radical (unpaired) electrons. The number of hydrogen-bond donors (Lipinski definition) is 0. The normalized spacial score (nSPS) is 16.4. The maximum Gasteiger partial charge on any atom is 0.254 e. The first-order valence-corrected chi connectivity index (χ1v) is 10.1. The van der Waals surface area contributed by atoms with Gasteiger partial charge in [-0.2, -0.15) is 0 Å². The first kappa shape index (κ1) is 20.0. The largest absolute Gasteiger partial charge is 0.493 e. The molecule has 0 aliphatic carbocycles. The summed E-state index contributed by atoms with van der Waals surface area (Å²) in [7, 11) is 4.65. The summed E-state index contributed by atoms with van der Waals surface area (Å²) in [6, 6.07) is 13.8. The summed E-state index contributed by atoms with van der Waals surface area (Å²) in [5.41, 5.74) is 1.56. The van der Waals surface area contributed by atoms with Crippen molar-refractivity contribution in [2.24, 2.45) is 0 Å². The number of hydrogen-bond acceptors (Lipinski definition) is 5. The number of carbonyl (C=O) groups is 1. The van der Waals surface area contributed by atoms with Gasteiger partial charge in [0.25, 0.3) is 5.91 Å². The van der Waals surface area contributed by atoms with Gasteiger partial charge < -0.3 is 19.1 Å². The Kier molecular flexibility index (Phi) is 5.74. The Morgan fingerprint density at radius 3 is 2.37 bits per heavy atom. The molecule has 0 N–H and O–H groups in total. The third kappa shape index (κ3) is 3.77. The molecule has 0 saturated carbocycles. The molecule has 6 heteroatoms. The van der Waals surface area contributed by atoms with Crippen LogP contribution in [0.5, 0.6) is 17.2 Å². The predicted octanol–water partition coefficient (Wildman–Crippen LogP) is 4.28. The molecule has 156 valence electrons. The Hall–Kier alpha value is -3.28. The summed E-state index contributed by atoms with van der Waals surface area (Å²) in [5.74, 6) is 1.61. The van der Waals surface area contributed by atoms with Gasteiger partial charge in [-0.25, -0.2) is 0 Å². The van der Waals surface area contributed by atoms with E-state index in [2.05, 4.69) is 23.2 Å². The van der Waals surface area contributed by atoms with E-state index in [1.165, 1.54) is 5.39 Å². The molecule has 1 aromatic heterocycles. The van der Waals surface area contributed by atoms with E-state index in [1.54, 1.807) is 33.5 Å². The fourth-order valence-corrected chi connectivity index (χ4v) is 4.11. The van der Waals surface area contributed by atoms with Gasteiger partial charge in [-0.3, -0.25) is 9.78 Å². The molecule has 6 nitrogen and oxygen atoms in total. The second-order valence-corrected chi connectivity index (χ2v) is 7.46. The highest BCUT2D eigenvalue weighted by Crippen LogP contribution is 2.39. The molecule has 1 saturated heterocycles. The van der Waals surface area contributed by atoms with E-state index >= 15 is 0 Å². The number of likely N-dealkylation sites (tertiary alicyclic amines) is 1. The molecule has 1 unspecified atom stereocenters. The van der Waals surface area contributed by atoms with Crippen LogP contribution in [0.4, 0.5) is 0 Å². The van der Waals surface area contributed by atoms with Crippen molar-refractivity contribution in [1.82, 2.24) is 9.88 Å². The van der Waals surface area contributed by atoms with Crippen LogP contribution >= 0.6 is 0 Å². The van der Waals surface area contributed by atoms with Gasteiger partial charge in [-0.1, -0.05) is 24.3 Å². The van der Waals surface area contributed by atoms with Crippen molar-refractivity contribution in [3.63, 3.8) is 0 Å². The van der Waals surface area contributed by atoms with Gasteiger partial charge in [0, 0.05) is 41.8 Å². The molecule has 2 aromatic carbocycles. The highest BCUT2D eigenvalue weighted by atomic mass is 16.5. The fraction of sp³-hybridized carbons (Fsp3) is 0.333. The topological polar surface area (TPSA) is 60.9 Å². The van der Waals surface area contributed by atoms with Crippen molar-refractivity contribution in [2.45, 2.75) is 18.8 Å². The summed E-state index contributed by atoms with van der Waals surface area (Å²) in [6.45, 7) is 1.36. The Labute approximate surface area is 176 Å². The maximum atomic E-state index is 13.3. The van der Waals surface area contributed by atoms with Crippen LogP contribution in [-0.4, -0.2) is 50.2 Å². The molecule has 1 aliphatic rings. The molecular weight excluding hydrogens is 380 g/mol. The van der Waals surface area contributed by atoms with Crippen molar-refractivity contribution in [2.75, 3.05) is 34.4 Å². The standard InChI is InChI=1S/C24H26N2O4/c1-28-21-12-19(13-22(29-2)23(21)30-3)24(27)26-10-6-9-18(15-26)20-11-16-7-4-5-8-17(16)14-25-20/h4-5,7-8,11-14,18H,6,9-10,15H2,1-3H3. The molecule has 30 heavy (non-hydrogen) atoms. The Bertz CT molecular complexity index is 1040. The van der Waals surface area contributed by atoms with E-state index in [-0.39, 0.29) is 11.8 Å². The minimum absolute atomic E-state index is 0.0419. The van der Waals surface area contributed by atoms with Crippen LogP contribution in [0, 0.1) is 0 Å². The number of methoxy groups -OCH3 is 3. The van der Waals surface area contributed by atoms with Gasteiger partial charge >= 0.3 is 0 Å². The van der Waals surface area contributed by atoms with E-state index in [0.717, 1.165) is 30.5 Å². The quantitative estimate of drug-likeness (QED) is 0.633. The van der Waals surface area contributed by atoms with E-state index < -0.39 is 0 Å². The molecule has 2 heterocycles. The number of pyridine rings is 1. The first-order valence-electron chi connectivity index (χ1n) is 10.1. The molecule has 1 atom stereocenters. The number of ether oxygens (including phenoxy) is 3. The third-order valence-electron chi connectivity index (χ3n) is 5.69. The van der Waals surface area contributed by atoms with Crippen LogP contribution in [0.1, 0.15) is 34.8 Å². The second kappa shape index (κ2) is 8.61. The summed E-state index contributed by atoms with van der Waals surface area (Å²) >= 11 is 0. The molecule has 1 fully saturated rings. The zero-order chi connectivity index (χ0) is 21.1. The van der Waals surface area contributed by atoms with E-state index in [0.29, 0.717) is 29.4 Å². The average molecular weight is 406 g/mol. The first-order chi connectivity index (χ1) is 14.6. The van der Waals surface area contributed by atoms with Crippen LogP contribution in [0.25, 0.3) is 10.8 Å². The number of fused-ring (bicyclic) bond motifs is 1. The Morgan fingerprint density at radius 2 is 1.70 bits per heavy atom. The van der Waals surface area contributed by atoms with Crippen LogP contribution in [0.2, 0.25) is 0 Å². The number of piperidine rings is 1. The lowest BCUT2D eigenvalue weighted by molar-refractivity contribution is 0.0705. The number of carbonyl (C=O) groups excluding carboxylic acids is 1. The average Bonchev–Trinajstić information content (AvgIpc) is 2.82. The van der Waals surface area contributed by atoms with E-state index in [9.17, 15) is 4.79 Å². The minimum Gasteiger partial charge on any atom is -0.493 e. The number of benzene rings is 2. The van der Waals surface area contributed by atoms with Crippen molar-refractivity contribution in [1.29, 1.82) is 0 Å². The number of amides is 1. The molecule has 4 rings (SSSR count). The zero-order valence-corrected chi connectivity index (χ0v) is 17.6. The lowest BCUT2D eigenvalue weighted by Crippen LogP contribution is -2.39. The molecule has 0 bridgehead atoms. The molecule has 0 spiro atoms. The van der Waals surface area contributed by atoms with Gasteiger partial charge in [-0.05, 0) is 36.4 Å². The molecule has 1 aliphatic heterocycles. The highest BCUT2D eigenvalue weighted by Gasteiger charge is 2.28. The summed E-state index contributed by atoms with van der Waals surface area (Å²) in [4.78, 5) is 19.9. The SMILES string of the molecule is COc1cc(C(=O)N2CCCC(c3cc4ccccc4cn3)C2)cc(OC)c1OC. The van der Waals surface area contributed by atoms with Gasteiger partial charge in [0.15, 0.2) is 11.5 Å². The Morgan fingerprint density at radius 1 is 1.00 bits per heavy atom. The van der Waals surface area contributed by atoms with Crippen molar-refractivity contribution < 1.29 is 19.0 Å². The number of nitrogens with zero attached hydrogens (tertiary/aromatic N) is 2. The molecular formula is C24H26N2O4. The third-order valence-corrected chi connectivity index (χ3v) is 5.69. The lowest BCUT2D eigenvalue weighted by atomic mass is 9.93. The summed E-state index contributed by atoms with van der Waals surface area (Å²) < 4.78 is 16.2. The van der Waals surface area contributed by atoms with Gasteiger partial charge in [0.1, 0.15) is 0 Å². The summed E-state index contributed by atoms with van der Waals surface area (Å²) in [5, 5.41) is 2.30. The predicted molar refractivity (Wildman–Crippen MR) is 116 cm³/mol. The monoisotopic (exact) mass is 406 g/mol. The van der Waals surface area contributed by atoms with Crippen LogP contribution in [0.15, 0.2) is 48.7 Å². The second-order valence-electron chi connectivity index (χ2n) is 7.46. The smallest absolute Gasteiger partial charge is 0.254 e. The van der Waals surface area contributed by atoms with Crippen LogP contribution < -0.4 is 14.2 Å². The van der Waals surface area contributed by atoms with Gasteiger partial charge in [-0.15, -0.1) is 0 Å². The van der Waals surface area contributed by atoms with Gasteiger partial charge in [0.05, 0.1) is 21.3 Å². The van der Waals surface area contributed by atoms with Crippen molar-refractivity contribution in [3.05, 3.63) is 59.9 Å². The Balaban J connectivity index is 1.59. The maximum absolute atomic E-state index is 13.3. The van der Waals surface area contributed by atoms with Crippen molar-refractivity contribution >= 4 is 16.7 Å².